The molecule has 1 aliphatic carbocycles. The minimum absolute atomic E-state index is 0.244. The summed E-state index contributed by atoms with van der Waals surface area (Å²) >= 11 is 0. The lowest BCUT2D eigenvalue weighted by atomic mass is 10.1. The second kappa shape index (κ2) is 6.06. The van der Waals surface area contributed by atoms with Gasteiger partial charge in [-0.2, -0.15) is 8.42 Å². The van der Waals surface area contributed by atoms with Crippen molar-refractivity contribution in [3.8, 4) is 0 Å². The van der Waals surface area contributed by atoms with E-state index in [-0.39, 0.29) is 11.5 Å². The number of hydrogen-bond donors (Lipinski definition) is 0. The van der Waals surface area contributed by atoms with Crippen molar-refractivity contribution in [3.63, 3.8) is 0 Å². The van der Waals surface area contributed by atoms with E-state index in [1.807, 2.05) is 6.92 Å². The van der Waals surface area contributed by atoms with Gasteiger partial charge in [-0.25, -0.2) is 0 Å². The molecule has 2 unspecified atom stereocenters. The fourth-order valence-corrected chi connectivity index (χ4v) is 3.19. The Morgan fingerprint density at radius 3 is 2.42 bits per heavy atom. The van der Waals surface area contributed by atoms with E-state index in [4.69, 9.17) is 4.18 Å². The first-order valence-electron chi connectivity index (χ1n) is 6.95. The molecule has 1 fully saturated rings. The summed E-state index contributed by atoms with van der Waals surface area (Å²) in [5, 5.41) is 0. The smallest absolute Gasteiger partial charge is 0.266 e. The summed E-state index contributed by atoms with van der Waals surface area (Å²) in [6, 6.07) is 6.75. The fourth-order valence-electron chi connectivity index (χ4n) is 2.25. The minimum atomic E-state index is -3.57. The molecule has 0 spiro atoms. The van der Waals surface area contributed by atoms with Gasteiger partial charge in [0.1, 0.15) is 0 Å². The summed E-state index contributed by atoms with van der Waals surface area (Å²) in [6.07, 6.45) is 4.41. The van der Waals surface area contributed by atoms with Crippen LogP contribution in [0.3, 0.4) is 0 Å². The summed E-state index contributed by atoms with van der Waals surface area (Å²) in [5.41, 5.74) is 1.04. The maximum Gasteiger partial charge on any atom is 0.296 e. The predicted molar refractivity (Wildman–Crippen MR) is 75.4 cm³/mol. The second-order valence-corrected chi connectivity index (χ2v) is 7.17. The molecule has 1 saturated carbocycles. The minimum Gasteiger partial charge on any atom is -0.266 e. The zero-order chi connectivity index (χ0) is 13.9. The predicted octanol–water partition coefficient (Wildman–Crippen LogP) is 3.53. The first kappa shape index (κ1) is 14.5. The number of hydrogen-bond acceptors (Lipinski definition) is 3. The van der Waals surface area contributed by atoms with Crippen LogP contribution in [-0.4, -0.2) is 15.0 Å². The van der Waals surface area contributed by atoms with Gasteiger partial charge in [0.15, 0.2) is 0 Å². The van der Waals surface area contributed by atoms with Crippen molar-refractivity contribution in [2.24, 2.45) is 11.8 Å². The lowest BCUT2D eigenvalue weighted by molar-refractivity contribution is 0.305. The van der Waals surface area contributed by atoms with E-state index in [0.29, 0.717) is 0 Å². The van der Waals surface area contributed by atoms with E-state index in [1.54, 1.807) is 24.3 Å². The Morgan fingerprint density at radius 2 is 1.84 bits per heavy atom. The molecular formula is C15H22O3S. The zero-order valence-electron chi connectivity index (χ0n) is 11.6. The van der Waals surface area contributed by atoms with E-state index < -0.39 is 10.1 Å². The molecule has 0 aromatic heterocycles. The lowest BCUT2D eigenvalue weighted by Crippen LogP contribution is -2.07. The summed E-state index contributed by atoms with van der Waals surface area (Å²) in [7, 11) is -3.57. The number of unbranched alkanes of at least 4 members (excludes halogenated alkanes) is 1. The SMILES string of the molecule is Cc1ccc(S(=O)(=O)OCCCCC2CC2C)cc1. The van der Waals surface area contributed by atoms with Gasteiger partial charge in [-0.3, -0.25) is 4.18 Å². The first-order valence-corrected chi connectivity index (χ1v) is 8.36. The van der Waals surface area contributed by atoms with E-state index in [2.05, 4.69) is 6.92 Å². The molecule has 0 amide bonds. The van der Waals surface area contributed by atoms with E-state index in [1.165, 1.54) is 12.8 Å². The number of rotatable bonds is 7. The van der Waals surface area contributed by atoms with Crippen molar-refractivity contribution in [1.29, 1.82) is 0 Å². The normalized spacial score (nSPS) is 22.4. The Kier molecular flexibility index (Phi) is 4.63. The highest BCUT2D eigenvalue weighted by Crippen LogP contribution is 2.41. The molecule has 0 radical (unpaired) electrons. The van der Waals surface area contributed by atoms with Crippen molar-refractivity contribution in [3.05, 3.63) is 29.8 Å². The van der Waals surface area contributed by atoms with Gasteiger partial charge >= 0.3 is 0 Å². The average Bonchev–Trinajstić information content (AvgIpc) is 3.05. The molecule has 19 heavy (non-hydrogen) atoms. The third-order valence-corrected chi connectivity index (χ3v) is 5.12. The number of benzene rings is 1. The molecule has 0 aliphatic heterocycles. The van der Waals surface area contributed by atoms with Crippen LogP contribution in [0, 0.1) is 18.8 Å². The van der Waals surface area contributed by atoms with E-state index in [9.17, 15) is 8.42 Å². The van der Waals surface area contributed by atoms with Crippen molar-refractivity contribution < 1.29 is 12.6 Å². The highest BCUT2D eigenvalue weighted by atomic mass is 32.2. The summed E-state index contributed by atoms with van der Waals surface area (Å²) in [5.74, 6) is 1.74. The first-order chi connectivity index (χ1) is 8.99. The largest absolute Gasteiger partial charge is 0.296 e. The molecule has 1 aliphatic rings. The van der Waals surface area contributed by atoms with Crippen LogP contribution in [0.25, 0.3) is 0 Å². The topological polar surface area (TPSA) is 43.4 Å². The molecule has 0 bridgehead atoms. The van der Waals surface area contributed by atoms with Gasteiger partial charge in [0.05, 0.1) is 11.5 Å². The average molecular weight is 282 g/mol. The second-order valence-electron chi connectivity index (χ2n) is 5.56. The monoisotopic (exact) mass is 282 g/mol. The highest BCUT2D eigenvalue weighted by Gasteiger charge is 2.31. The van der Waals surface area contributed by atoms with Crippen LogP contribution < -0.4 is 0 Å². The van der Waals surface area contributed by atoms with Gasteiger partial charge in [0.2, 0.25) is 0 Å². The molecule has 4 heteroatoms. The van der Waals surface area contributed by atoms with Crippen LogP contribution >= 0.6 is 0 Å². The van der Waals surface area contributed by atoms with Crippen molar-refractivity contribution in [2.45, 2.75) is 44.4 Å². The van der Waals surface area contributed by atoms with Crippen LogP contribution in [0.1, 0.15) is 38.2 Å². The molecule has 106 valence electrons. The van der Waals surface area contributed by atoms with Gasteiger partial charge in [-0.1, -0.05) is 37.5 Å². The summed E-state index contributed by atoms with van der Waals surface area (Å²) < 4.78 is 28.8. The molecule has 2 atom stereocenters. The molecule has 0 heterocycles. The van der Waals surface area contributed by atoms with Gasteiger partial charge in [-0.05, 0) is 43.7 Å². The van der Waals surface area contributed by atoms with E-state index in [0.717, 1.165) is 30.2 Å². The summed E-state index contributed by atoms with van der Waals surface area (Å²) in [6.45, 7) is 4.48. The Labute approximate surface area is 116 Å². The molecule has 1 aromatic carbocycles. The Bertz CT molecular complexity index is 505. The fraction of sp³-hybridized carbons (Fsp3) is 0.600. The highest BCUT2D eigenvalue weighted by molar-refractivity contribution is 7.86. The molecule has 3 nitrogen and oxygen atoms in total. The van der Waals surface area contributed by atoms with Gasteiger partial charge in [0, 0.05) is 0 Å². The molecule has 1 aromatic rings. The van der Waals surface area contributed by atoms with Crippen LogP contribution in [0.4, 0.5) is 0 Å². The van der Waals surface area contributed by atoms with E-state index >= 15 is 0 Å². The third-order valence-electron chi connectivity index (χ3n) is 3.79. The van der Waals surface area contributed by atoms with Crippen LogP contribution in [0.5, 0.6) is 0 Å². The maximum absolute atomic E-state index is 11.9. The van der Waals surface area contributed by atoms with Crippen molar-refractivity contribution >= 4 is 10.1 Å². The third kappa shape index (κ3) is 4.32. The Hall–Kier alpha value is -0.870. The quantitative estimate of drug-likeness (QED) is 0.567. The summed E-state index contributed by atoms with van der Waals surface area (Å²) in [4.78, 5) is 0.244. The number of aryl methyl sites for hydroxylation is 1. The maximum atomic E-state index is 11.9. The zero-order valence-corrected chi connectivity index (χ0v) is 12.4. The Balaban J connectivity index is 1.73. The standard InChI is InChI=1S/C15H22O3S/c1-12-6-8-15(9-7-12)19(16,17)18-10-4-3-5-14-11-13(14)2/h6-9,13-14H,3-5,10-11H2,1-2H3. The van der Waals surface area contributed by atoms with Gasteiger partial charge in [0.25, 0.3) is 10.1 Å². The van der Waals surface area contributed by atoms with Gasteiger partial charge < -0.3 is 0 Å². The molecule has 0 saturated heterocycles. The van der Waals surface area contributed by atoms with Crippen LogP contribution in [-0.2, 0) is 14.3 Å². The van der Waals surface area contributed by atoms with Crippen LogP contribution in [0.2, 0.25) is 0 Å². The van der Waals surface area contributed by atoms with Crippen molar-refractivity contribution in [2.75, 3.05) is 6.61 Å². The Morgan fingerprint density at radius 1 is 1.21 bits per heavy atom. The molecule has 2 rings (SSSR count). The van der Waals surface area contributed by atoms with Crippen LogP contribution in [0.15, 0.2) is 29.2 Å². The molecular weight excluding hydrogens is 260 g/mol. The van der Waals surface area contributed by atoms with Crippen molar-refractivity contribution in [1.82, 2.24) is 0 Å². The lowest BCUT2D eigenvalue weighted by Gasteiger charge is -2.06. The van der Waals surface area contributed by atoms with Gasteiger partial charge in [-0.15, -0.1) is 0 Å². The molecule has 0 N–H and O–H groups in total.